The Morgan fingerprint density at radius 1 is 1.14 bits per heavy atom. The van der Waals surface area contributed by atoms with E-state index in [1.165, 1.54) is 13.8 Å². The van der Waals surface area contributed by atoms with Crippen molar-refractivity contribution in [1.82, 2.24) is 0 Å². The van der Waals surface area contributed by atoms with Gasteiger partial charge in [0.1, 0.15) is 0 Å². The minimum atomic E-state index is -0.530. The predicted octanol–water partition coefficient (Wildman–Crippen LogP) is 3.14. The van der Waals surface area contributed by atoms with E-state index in [0.717, 1.165) is 11.3 Å². The molecule has 5 nitrogen and oxygen atoms in total. The molecule has 0 atom stereocenters. The topological polar surface area (TPSA) is 73.6 Å². The van der Waals surface area contributed by atoms with Crippen LogP contribution >= 0.6 is 11.3 Å². The lowest BCUT2D eigenvalue weighted by atomic mass is 10.0. The average Bonchev–Trinajstić information content (AvgIpc) is 2.79. The Morgan fingerprint density at radius 2 is 1.81 bits per heavy atom. The van der Waals surface area contributed by atoms with Gasteiger partial charge in [0, 0.05) is 17.7 Å². The second kappa shape index (κ2) is 4.82. The zero-order valence-electron chi connectivity index (χ0n) is 11.3. The first kappa shape index (κ1) is 13.5. The van der Waals surface area contributed by atoms with Gasteiger partial charge in [0.15, 0.2) is 17.1 Å². The molecule has 21 heavy (non-hydrogen) atoms. The monoisotopic (exact) mass is 302 g/mol. The Morgan fingerprint density at radius 3 is 2.43 bits per heavy atom. The van der Waals surface area contributed by atoms with E-state index in [4.69, 9.17) is 9.15 Å². The predicted molar refractivity (Wildman–Crippen MR) is 79.2 cm³/mol. The molecule has 0 unspecified atom stereocenters. The van der Waals surface area contributed by atoms with Crippen LogP contribution in [0.15, 0.2) is 33.5 Å². The van der Waals surface area contributed by atoms with Gasteiger partial charge in [-0.25, -0.2) is 4.79 Å². The Bertz CT molecular complexity index is 948. The highest BCUT2D eigenvalue weighted by molar-refractivity contribution is 7.16. The second-order valence-electron chi connectivity index (χ2n) is 4.51. The fourth-order valence-corrected chi connectivity index (χ4v) is 3.18. The summed E-state index contributed by atoms with van der Waals surface area (Å²) in [7, 11) is 0. The molecule has 2 aromatic carbocycles. The number of carbonyl (C=O) groups excluding carboxylic acids is 2. The van der Waals surface area contributed by atoms with Gasteiger partial charge >= 0.3 is 10.9 Å². The molecule has 6 heteroatoms. The molecule has 0 bridgehead atoms. The van der Waals surface area contributed by atoms with Crippen molar-refractivity contribution in [1.29, 1.82) is 0 Å². The zero-order valence-corrected chi connectivity index (χ0v) is 12.1. The Kier molecular flexibility index (Phi) is 3.10. The maximum Gasteiger partial charge on any atom is 0.396 e. The van der Waals surface area contributed by atoms with E-state index in [-0.39, 0.29) is 17.1 Å². The molecule has 0 saturated carbocycles. The van der Waals surface area contributed by atoms with Crippen molar-refractivity contribution >= 4 is 44.1 Å². The van der Waals surface area contributed by atoms with Crippen LogP contribution in [0.5, 0.6) is 5.75 Å². The quantitative estimate of drug-likeness (QED) is 0.413. The Labute approximate surface area is 122 Å². The third kappa shape index (κ3) is 2.13. The molecule has 0 aliphatic rings. The largest absolute Gasteiger partial charge is 0.425 e. The summed E-state index contributed by atoms with van der Waals surface area (Å²) in [4.78, 5) is 34.4. The standard InChI is InChI=1S/C15H10O5S/c1-7(16)11-12(19-8(2)17)9-5-3-4-6-10(9)13-14(11)21-15(18)20-13/h3-6H,1-2H3. The van der Waals surface area contributed by atoms with Crippen LogP contribution in [0, 0.1) is 0 Å². The molecule has 3 aromatic rings. The van der Waals surface area contributed by atoms with Crippen LogP contribution in [0.2, 0.25) is 0 Å². The van der Waals surface area contributed by atoms with E-state index in [2.05, 4.69) is 0 Å². The van der Waals surface area contributed by atoms with E-state index in [1.54, 1.807) is 24.3 Å². The maximum absolute atomic E-state index is 12.0. The van der Waals surface area contributed by atoms with Crippen molar-refractivity contribution in [2.24, 2.45) is 0 Å². The number of hydrogen-bond acceptors (Lipinski definition) is 6. The molecule has 1 aromatic heterocycles. The SMILES string of the molecule is CC(=O)Oc1c(C(C)=O)c2sc(=O)oc2c2ccccc12. The molecule has 0 aliphatic carbocycles. The number of Topliss-reactive ketones (excluding diaryl/α,β-unsaturated/α-hetero) is 1. The van der Waals surface area contributed by atoms with Crippen molar-refractivity contribution in [2.45, 2.75) is 13.8 Å². The molecule has 0 fully saturated rings. The molecule has 0 saturated heterocycles. The van der Waals surface area contributed by atoms with E-state index < -0.39 is 10.9 Å². The number of ether oxygens (including phenoxy) is 1. The van der Waals surface area contributed by atoms with Crippen molar-refractivity contribution in [3.63, 3.8) is 0 Å². The van der Waals surface area contributed by atoms with Gasteiger partial charge in [-0.2, -0.15) is 0 Å². The summed E-state index contributed by atoms with van der Waals surface area (Å²) < 4.78 is 10.8. The third-order valence-electron chi connectivity index (χ3n) is 3.05. The van der Waals surface area contributed by atoms with Crippen LogP contribution in [-0.2, 0) is 4.79 Å². The average molecular weight is 302 g/mol. The lowest BCUT2D eigenvalue weighted by Crippen LogP contribution is -2.07. The fourth-order valence-electron chi connectivity index (χ4n) is 2.31. The van der Waals surface area contributed by atoms with Gasteiger partial charge in [-0.15, -0.1) is 0 Å². The fraction of sp³-hybridized carbons (Fsp3) is 0.133. The number of esters is 1. The van der Waals surface area contributed by atoms with Crippen molar-refractivity contribution in [2.75, 3.05) is 0 Å². The molecular formula is C15H10O5S. The van der Waals surface area contributed by atoms with E-state index in [0.29, 0.717) is 21.1 Å². The molecule has 0 N–H and O–H groups in total. The lowest BCUT2D eigenvalue weighted by Gasteiger charge is -2.11. The number of hydrogen-bond donors (Lipinski definition) is 0. The van der Waals surface area contributed by atoms with E-state index in [9.17, 15) is 14.4 Å². The molecule has 3 rings (SSSR count). The number of rotatable bonds is 2. The maximum atomic E-state index is 12.0. The van der Waals surface area contributed by atoms with Crippen molar-refractivity contribution in [3.05, 3.63) is 39.6 Å². The van der Waals surface area contributed by atoms with Gasteiger partial charge in [0.05, 0.1) is 10.3 Å². The van der Waals surface area contributed by atoms with Gasteiger partial charge < -0.3 is 9.15 Å². The molecule has 0 radical (unpaired) electrons. The van der Waals surface area contributed by atoms with Crippen LogP contribution in [0.3, 0.4) is 0 Å². The highest BCUT2D eigenvalue weighted by Crippen LogP contribution is 2.39. The molecule has 0 amide bonds. The highest BCUT2D eigenvalue weighted by Gasteiger charge is 2.23. The second-order valence-corrected chi connectivity index (χ2v) is 5.46. The summed E-state index contributed by atoms with van der Waals surface area (Å²) in [5.74, 6) is -0.646. The summed E-state index contributed by atoms with van der Waals surface area (Å²) in [5.41, 5.74) is 0.552. The summed E-state index contributed by atoms with van der Waals surface area (Å²) in [5, 5.41) is 1.19. The number of fused-ring (bicyclic) bond motifs is 3. The normalized spacial score (nSPS) is 11.0. The molecule has 0 aliphatic heterocycles. The lowest BCUT2D eigenvalue weighted by molar-refractivity contribution is -0.131. The first-order chi connectivity index (χ1) is 9.99. The van der Waals surface area contributed by atoms with Gasteiger partial charge in [-0.1, -0.05) is 35.6 Å². The molecule has 106 valence electrons. The number of ketones is 1. The number of benzene rings is 2. The van der Waals surface area contributed by atoms with Gasteiger partial charge in [0.2, 0.25) is 0 Å². The molecule has 1 heterocycles. The van der Waals surface area contributed by atoms with Crippen LogP contribution < -0.4 is 9.68 Å². The summed E-state index contributed by atoms with van der Waals surface area (Å²) in [6.45, 7) is 2.63. The first-order valence-corrected chi connectivity index (χ1v) is 6.98. The Hall–Kier alpha value is -2.47. The van der Waals surface area contributed by atoms with Crippen LogP contribution in [0.1, 0.15) is 24.2 Å². The Balaban J connectivity index is 2.59. The van der Waals surface area contributed by atoms with E-state index >= 15 is 0 Å². The first-order valence-electron chi connectivity index (χ1n) is 6.16. The number of carbonyl (C=O) groups is 2. The van der Waals surface area contributed by atoms with Gasteiger partial charge in [-0.05, 0) is 6.92 Å². The summed E-state index contributed by atoms with van der Waals surface area (Å²) >= 11 is 0.829. The minimum absolute atomic E-state index is 0.176. The van der Waals surface area contributed by atoms with Crippen LogP contribution in [0.4, 0.5) is 0 Å². The van der Waals surface area contributed by atoms with Gasteiger partial charge in [-0.3, -0.25) is 9.59 Å². The summed E-state index contributed by atoms with van der Waals surface area (Å²) in [6, 6.07) is 7.02. The van der Waals surface area contributed by atoms with Crippen molar-refractivity contribution in [3.8, 4) is 5.75 Å². The van der Waals surface area contributed by atoms with Gasteiger partial charge in [0.25, 0.3) is 0 Å². The van der Waals surface area contributed by atoms with Crippen molar-refractivity contribution < 1.29 is 18.7 Å². The van der Waals surface area contributed by atoms with Crippen LogP contribution in [-0.4, -0.2) is 11.8 Å². The van der Waals surface area contributed by atoms with Crippen LogP contribution in [0.25, 0.3) is 21.1 Å². The highest BCUT2D eigenvalue weighted by atomic mass is 32.1. The third-order valence-corrected chi connectivity index (χ3v) is 3.89. The van der Waals surface area contributed by atoms with E-state index in [1.807, 2.05) is 0 Å². The molecule has 0 spiro atoms. The zero-order chi connectivity index (χ0) is 15.1. The molecular weight excluding hydrogens is 292 g/mol. The summed E-state index contributed by atoms with van der Waals surface area (Å²) in [6.07, 6.45) is 0. The minimum Gasteiger partial charge on any atom is -0.425 e. The smallest absolute Gasteiger partial charge is 0.396 e.